The van der Waals surface area contributed by atoms with Gasteiger partial charge in [-0.25, -0.2) is 0 Å². The van der Waals surface area contributed by atoms with Gasteiger partial charge in [0.05, 0.1) is 12.7 Å². The van der Waals surface area contributed by atoms with E-state index in [4.69, 9.17) is 21.1 Å². The molecule has 2 aliphatic carbocycles. The second-order valence-electron chi connectivity index (χ2n) is 9.39. The summed E-state index contributed by atoms with van der Waals surface area (Å²) in [7, 11) is 0. The normalized spacial score (nSPS) is 36.0. The first-order chi connectivity index (χ1) is 15.4. The number of ether oxygens (including phenoxy) is 2. The van der Waals surface area contributed by atoms with Crippen molar-refractivity contribution in [2.45, 2.75) is 62.3 Å². The number of aliphatic hydroxyl groups excluding tert-OH is 4. The van der Waals surface area contributed by atoms with Crippen LogP contribution in [0.15, 0.2) is 42.5 Å². The van der Waals surface area contributed by atoms with Gasteiger partial charge in [-0.2, -0.15) is 0 Å². The minimum Gasteiger partial charge on any atom is -0.490 e. The van der Waals surface area contributed by atoms with Gasteiger partial charge < -0.3 is 29.9 Å². The maximum atomic E-state index is 10.4. The molecule has 2 aromatic carbocycles. The molecule has 1 heterocycles. The van der Waals surface area contributed by atoms with Gasteiger partial charge in [0, 0.05) is 5.02 Å². The van der Waals surface area contributed by atoms with E-state index in [-0.39, 0.29) is 0 Å². The van der Waals surface area contributed by atoms with Crippen molar-refractivity contribution in [3.05, 3.63) is 64.2 Å². The Morgan fingerprint density at radius 3 is 2.31 bits per heavy atom. The van der Waals surface area contributed by atoms with E-state index in [9.17, 15) is 20.4 Å². The first kappa shape index (κ1) is 22.1. The van der Waals surface area contributed by atoms with Crippen LogP contribution in [0.2, 0.25) is 5.02 Å². The molecule has 0 radical (unpaired) electrons. The van der Waals surface area contributed by atoms with Gasteiger partial charge in [-0.3, -0.25) is 0 Å². The fraction of sp³-hybridized carbons (Fsp3) is 0.520. The zero-order valence-electron chi connectivity index (χ0n) is 17.7. The Morgan fingerprint density at radius 1 is 0.906 bits per heavy atom. The summed E-state index contributed by atoms with van der Waals surface area (Å²) < 4.78 is 11.8. The Bertz CT molecular complexity index is 938. The SMILES string of the molecule is OC[C@H]1O[C@@H](c2ccc(Cl)c(Cc3ccc(O[C@@H]4C[C@@H]5C[C@@H]5C4)cc3)c2)[C@H](O)[C@@H](O)[C@@H]1O. The smallest absolute Gasteiger partial charge is 0.119 e. The average molecular weight is 461 g/mol. The van der Waals surface area contributed by atoms with Crippen LogP contribution in [0.1, 0.15) is 42.1 Å². The third-order valence-electron chi connectivity index (χ3n) is 7.11. The molecule has 5 rings (SSSR count). The van der Waals surface area contributed by atoms with E-state index in [2.05, 4.69) is 0 Å². The van der Waals surface area contributed by atoms with Crippen molar-refractivity contribution in [3.8, 4) is 5.75 Å². The van der Waals surface area contributed by atoms with Crippen molar-refractivity contribution in [1.29, 1.82) is 0 Å². The molecule has 2 aromatic rings. The first-order valence-corrected chi connectivity index (χ1v) is 11.6. The second-order valence-corrected chi connectivity index (χ2v) is 9.80. The van der Waals surface area contributed by atoms with Crippen molar-refractivity contribution in [2.75, 3.05) is 6.61 Å². The quantitative estimate of drug-likeness (QED) is 0.529. The maximum absolute atomic E-state index is 10.4. The lowest BCUT2D eigenvalue weighted by molar-refractivity contribution is -0.231. The topological polar surface area (TPSA) is 99.4 Å². The second kappa shape index (κ2) is 8.93. The van der Waals surface area contributed by atoms with Crippen molar-refractivity contribution in [2.24, 2.45) is 11.8 Å². The largest absolute Gasteiger partial charge is 0.490 e. The molecule has 32 heavy (non-hydrogen) atoms. The molecule has 172 valence electrons. The van der Waals surface area contributed by atoms with Gasteiger partial charge in [-0.05, 0) is 72.4 Å². The predicted octanol–water partition coefficient (Wildman–Crippen LogP) is 2.62. The van der Waals surface area contributed by atoms with Gasteiger partial charge >= 0.3 is 0 Å². The molecular weight excluding hydrogens is 432 g/mol. The van der Waals surface area contributed by atoms with Crippen LogP contribution >= 0.6 is 11.6 Å². The summed E-state index contributed by atoms with van der Waals surface area (Å²) in [6.45, 7) is -0.460. The molecular formula is C25H29ClO6. The van der Waals surface area contributed by atoms with Crippen LogP contribution in [0, 0.1) is 11.8 Å². The van der Waals surface area contributed by atoms with Crippen molar-refractivity contribution < 1.29 is 29.9 Å². The highest BCUT2D eigenvalue weighted by Crippen LogP contribution is 2.52. The van der Waals surface area contributed by atoms with Gasteiger partial charge in [0.2, 0.25) is 0 Å². The van der Waals surface area contributed by atoms with E-state index in [1.54, 1.807) is 12.1 Å². The zero-order chi connectivity index (χ0) is 22.4. The first-order valence-electron chi connectivity index (χ1n) is 11.3. The summed E-state index contributed by atoms with van der Waals surface area (Å²) in [5, 5.41) is 40.6. The molecule has 3 aliphatic rings. The highest BCUT2D eigenvalue weighted by atomic mass is 35.5. The van der Waals surface area contributed by atoms with Gasteiger partial charge in [-0.1, -0.05) is 35.9 Å². The van der Waals surface area contributed by atoms with Gasteiger partial charge in [0.1, 0.15) is 36.3 Å². The van der Waals surface area contributed by atoms with E-state index < -0.39 is 37.1 Å². The summed E-state index contributed by atoms with van der Waals surface area (Å²) in [4.78, 5) is 0. The molecule has 0 spiro atoms. The minimum atomic E-state index is -1.41. The number of aliphatic hydroxyl groups is 4. The molecule has 1 aliphatic heterocycles. The van der Waals surface area contributed by atoms with Crippen molar-refractivity contribution in [3.63, 3.8) is 0 Å². The standard InChI is InChI=1S/C25H29ClO6/c26-20-6-3-14(25-24(30)23(29)22(28)21(12-27)32-25)8-17(20)7-13-1-4-18(5-2-13)31-19-10-15-9-16(15)11-19/h1-6,8,15-16,19,21-25,27-30H,7,9-12H2/t15-,16+,19+,21-,22-,23+,24-,25+/m1/s1. The fourth-order valence-electron chi connectivity index (χ4n) is 5.14. The van der Waals surface area contributed by atoms with Gasteiger partial charge in [0.25, 0.3) is 0 Å². The number of fused-ring (bicyclic) bond motifs is 1. The van der Waals surface area contributed by atoms with Crippen LogP contribution in [0.4, 0.5) is 0 Å². The Kier molecular flexibility index (Phi) is 6.18. The van der Waals surface area contributed by atoms with Crippen molar-refractivity contribution >= 4 is 11.6 Å². The minimum absolute atomic E-state index is 0.342. The third kappa shape index (κ3) is 4.40. The summed E-state index contributed by atoms with van der Waals surface area (Å²) in [5.74, 6) is 2.66. The van der Waals surface area contributed by atoms with Crippen LogP contribution in [-0.4, -0.2) is 57.6 Å². The molecule has 7 heteroatoms. The Balaban J connectivity index is 1.28. The lowest BCUT2D eigenvalue weighted by atomic mass is 9.90. The zero-order valence-corrected chi connectivity index (χ0v) is 18.4. The van der Waals surface area contributed by atoms with Gasteiger partial charge in [-0.15, -0.1) is 0 Å². The number of rotatable bonds is 6. The molecule has 0 unspecified atom stereocenters. The lowest BCUT2D eigenvalue weighted by Crippen LogP contribution is -2.55. The van der Waals surface area contributed by atoms with Crippen LogP contribution in [0.25, 0.3) is 0 Å². The molecule has 0 bridgehead atoms. The molecule has 4 N–H and O–H groups in total. The van der Waals surface area contributed by atoms with E-state index in [0.717, 1.165) is 28.7 Å². The lowest BCUT2D eigenvalue weighted by Gasteiger charge is -2.40. The van der Waals surface area contributed by atoms with Crippen LogP contribution in [0.3, 0.4) is 0 Å². The monoisotopic (exact) mass is 460 g/mol. The summed E-state index contributed by atoms with van der Waals surface area (Å²) in [6, 6.07) is 13.3. The van der Waals surface area contributed by atoms with Gasteiger partial charge in [0.15, 0.2) is 0 Å². The van der Waals surface area contributed by atoms with Crippen LogP contribution in [-0.2, 0) is 11.2 Å². The Hall–Kier alpha value is -1.67. The van der Waals surface area contributed by atoms with E-state index in [1.807, 2.05) is 30.3 Å². The average Bonchev–Trinajstić information content (AvgIpc) is 3.41. The molecule has 2 saturated carbocycles. The Morgan fingerprint density at radius 2 is 1.62 bits per heavy atom. The third-order valence-corrected chi connectivity index (χ3v) is 7.48. The molecule has 1 saturated heterocycles. The van der Waals surface area contributed by atoms with E-state index in [0.29, 0.717) is 23.1 Å². The van der Waals surface area contributed by atoms with Crippen LogP contribution in [0.5, 0.6) is 5.75 Å². The van der Waals surface area contributed by atoms with Crippen LogP contribution < -0.4 is 4.74 Å². The summed E-state index contributed by atoms with van der Waals surface area (Å²) in [5.41, 5.74) is 2.55. The van der Waals surface area contributed by atoms with Crippen molar-refractivity contribution in [1.82, 2.24) is 0 Å². The highest BCUT2D eigenvalue weighted by molar-refractivity contribution is 6.31. The summed E-state index contributed by atoms with van der Waals surface area (Å²) in [6.07, 6.45) is -1.30. The number of benzene rings is 2. The fourth-order valence-corrected chi connectivity index (χ4v) is 5.32. The van der Waals surface area contributed by atoms with E-state index >= 15 is 0 Å². The van der Waals surface area contributed by atoms with E-state index in [1.165, 1.54) is 19.3 Å². The molecule has 3 fully saturated rings. The Labute approximate surface area is 192 Å². The summed E-state index contributed by atoms with van der Waals surface area (Å²) >= 11 is 6.43. The predicted molar refractivity (Wildman–Crippen MR) is 119 cm³/mol. The molecule has 6 nitrogen and oxygen atoms in total. The molecule has 0 amide bonds. The molecule has 0 aromatic heterocycles. The number of hydrogen-bond donors (Lipinski definition) is 4. The number of hydrogen-bond acceptors (Lipinski definition) is 6. The maximum Gasteiger partial charge on any atom is 0.119 e. The highest BCUT2D eigenvalue weighted by Gasteiger charge is 2.47. The number of halogens is 1. The molecule has 8 atom stereocenters.